The van der Waals surface area contributed by atoms with E-state index in [9.17, 15) is 18.0 Å². The van der Waals surface area contributed by atoms with Gasteiger partial charge in [0, 0.05) is 35.0 Å². The van der Waals surface area contributed by atoms with Crippen molar-refractivity contribution >= 4 is 26.6 Å². The van der Waals surface area contributed by atoms with Crippen LogP contribution in [0.3, 0.4) is 0 Å². The predicted molar refractivity (Wildman–Crippen MR) is 109 cm³/mol. The quantitative estimate of drug-likeness (QED) is 0.508. The Morgan fingerprint density at radius 2 is 1.54 bits per heavy atom. The number of carbonyl (C=O) groups is 1. The molecule has 0 bridgehead atoms. The molecule has 0 saturated carbocycles. The zero-order valence-electron chi connectivity index (χ0n) is 15.4. The van der Waals surface area contributed by atoms with Crippen molar-refractivity contribution in [1.29, 1.82) is 0 Å². The van der Waals surface area contributed by atoms with Crippen molar-refractivity contribution in [1.82, 2.24) is 9.29 Å². The fraction of sp³-hybridized carbons (Fsp3) is 0.238. The van der Waals surface area contributed by atoms with Crippen LogP contribution in [0.25, 0.3) is 22.0 Å². The van der Waals surface area contributed by atoms with Gasteiger partial charge in [-0.05, 0) is 18.9 Å². The maximum absolute atomic E-state index is 13.2. The normalized spacial score (nSPS) is 13.0. The molecule has 4 rings (SSSR count). The highest BCUT2D eigenvalue weighted by Gasteiger charge is 2.32. The fourth-order valence-corrected chi connectivity index (χ4v) is 4.31. The van der Waals surface area contributed by atoms with Crippen molar-refractivity contribution in [2.45, 2.75) is 19.4 Å². The highest BCUT2D eigenvalue weighted by molar-refractivity contribution is 7.88. The first-order valence-corrected chi connectivity index (χ1v) is 11.0. The van der Waals surface area contributed by atoms with Crippen LogP contribution in [0.1, 0.15) is 28.8 Å². The van der Waals surface area contributed by atoms with Crippen molar-refractivity contribution in [2.75, 3.05) is 12.8 Å². The molecule has 144 valence electrons. The van der Waals surface area contributed by atoms with E-state index in [1.807, 2.05) is 30.3 Å². The van der Waals surface area contributed by atoms with Gasteiger partial charge in [-0.15, -0.1) is 0 Å². The molecule has 1 N–H and O–H groups in total. The summed E-state index contributed by atoms with van der Waals surface area (Å²) in [5.74, 6) is -0.0608. The molecule has 28 heavy (non-hydrogen) atoms. The van der Waals surface area contributed by atoms with Crippen LogP contribution in [0, 0.1) is 0 Å². The van der Waals surface area contributed by atoms with Crippen LogP contribution in [0.5, 0.6) is 0 Å². The number of nitrogens with one attached hydrogen (secondary N) is 1. The highest BCUT2D eigenvalue weighted by atomic mass is 32.2. The van der Waals surface area contributed by atoms with Gasteiger partial charge in [-0.2, -0.15) is 0 Å². The van der Waals surface area contributed by atoms with E-state index in [-0.39, 0.29) is 11.3 Å². The Bertz CT molecular complexity index is 1260. The Morgan fingerprint density at radius 3 is 2.25 bits per heavy atom. The molecule has 0 radical (unpaired) electrons. The van der Waals surface area contributed by atoms with Gasteiger partial charge in [0.1, 0.15) is 0 Å². The van der Waals surface area contributed by atoms with Crippen LogP contribution in [0.2, 0.25) is 0 Å². The molecule has 3 aromatic rings. The SMILES string of the molecule is CS(=O)(=O)NCCCCn1c2c(c3ccccc3c1=O)C(=O)c1ccccc1-2. The van der Waals surface area contributed by atoms with Crippen molar-refractivity contribution < 1.29 is 13.2 Å². The average Bonchev–Trinajstić information content (AvgIpc) is 2.96. The summed E-state index contributed by atoms with van der Waals surface area (Å²) in [6.45, 7) is 0.734. The molecular weight excluding hydrogens is 376 g/mol. The molecule has 0 spiro atoms. The van der Waals surface area contributed by atoms with E-state index < -0.39 is 10.0 Å². The van der Waals surface area contributed by atoms with Crippen LogP contribution in [-0.4, -0.2) is 31.6 Å². The summed E-state index contributed by atoms with van der Waals surface area (Å²) in [7, 11) is -3.23. The van der Waals surface area contributed by atoms with E-state index in [1.54, 1.807) is 22.8 Å². The zero-order valence-corrected chi connectivity index (χ0v) is 16.3. The van der Waals surface area contributed by atoms with Crippen LogP contribution in [0.15, 0.2) is 53.3 Å². The fourth-order valence-electron chi connectivity index (χ4n) is 3.80. The monoisotopic (exact) mass is 396 g/mol. The Balaban J connectivity index is 1.78. The number of benzene rings is 2. The summed E-state index contributed by atoms with van der Waals surface area (Å²) in [5, 5.41) is 1.20. The number of unbranched alkanes of at least 4 members (excludes halogenated alkanes) is 1. The molecular formula is C21H20N2O4S. The smallest absolute Gasteiger partial charge is 0.258 e. The van der Waals surface area contributed by atoms with Gasteiger partial charge in [0.2, 0.25) is 10.0 Å². The number of aromatic nitrogens is 1. The molecule has 0 saturated heterocycles. The number of nitrogens with zero attached hydrogens (tertiary/aromatic N) is 1. The second kappa shape index (κ2) is 7.00. The summed E-state index contributed by atoms with van der Waals surface area (Å²) >= 11 is 0. The molecule has 0 aliphatic heterocycles. The third kappa shape index (κ3) is 3.16. The number of fused-ring (bicyclic) bond motifs is 5. The Kier molecular flexibility index (Phi) is 4.64. The summed E-state index contributed by atoms with van der Waals surface area (Å²) in [6.07, 6.45) is 2.33. The minimum Gasteiger partial charge on any atom is -0.307 e. The van der Waals surface area contributed by atoms with Gasteiger partial charge in [0.15, 0.2) is 5.78 Å². The Hall–Kier alpha value is -2.77. The predicted octanol–water partition coefficient (Wildman–Crippen LogP) is 2.54. The summed E-state index contributed by atoms with van der Waals surface area (Å²) in [5.41, 5.74) is 2.50. The van der Waals surface area contributed by atoms with Crippen LogP contribution in [0.4, 0.5) is 0 Å². The van der Waals surface area contributed by atoms with Gasteiger partial charge in [0.05, 0.1) is 17.5 Å². The topological polar surface area (TPSA) is 85.2 Å². The molecule has 0 unspecified atom stereocenters. The number of rotatable bonds is 6. The highest BCUT2D eigenvalue weighted by Crippen LogP contribution is 2.39. The van der Waals surface area contributed by atoms with E-state index in [1.165, 1.54) is 0 Å². The molecule has 0 atom stereocenters. The minimum atomic E-state index is -3.23. The molecule has 2 aromatic carbocycles. The molecule has 1 aromatic heterocycles. The van der Waals surface area contributed by atoms with Gasteiger partial charge in [-0.1, -0.05) is 42.5 Å². The first kappa shape index (κ1) is 18.6. The third-order valence-corrected chi connectivity index (χ3v) is 5.73. The van der Waals surface area contributed by atoms with Gasteiger partial charge >= 0.3 is 0 Å². The van der Waals surface area contributed by atoms with Crippen LogP contribution >= 0.6 is 0 Å². The third-order valence-electron chi connectivity index (χ3n) is 5.01. The Labute approximate surface area is 162 Å². The number of hydrogen-bond acceptors (Lipinski definition) is 4. The maximum Gasteiger partial charge on any atom is 0.258 e. The summed E-state index contributed by atoms with van der Waals surface area (Å²) < 4.78 is 26.5. The van der Waals surface area contributed by atoms with Crippen molar-refractivity contribution in [2.24, 2.45) is 0 Å². The van der Waals surface area contributed by atoms with E-state index >= 15 is 0 Å². The zero-order chi connectivity index (χ0) is 19.9. The molecule has 1 aliphatic carbocycles. The molecule has 0 fully saturated rings. The lowest BCUT2D eigenvalue weighted by atomic mass is 10.0. The van der Waals surface area contributed by atoms with Crippen molar-refractivity contribution in [3.8, 4) is 11.3 Å². The van der Waals surface area contributed by atoms with Gasteiger partial charge in [-0.25, -0.2) is 13.1 Å². The molecule has 6 nitrogen and oxygen atoms in total. The van der Waals surface area contributed by atoms with E-state index in [4.69, 9.17) is 0 Å². The molecule has 0 amide bonds. The first-order chi connectivity index (χ1) is 13.4. The number of carbonyl (C=O) groups excluding carboxylic acids is 1. The van der Waals surface area contributed by atoms with Crippen molar-refractivity contribution in [3.05, 3.63) is 70.0 Å². The minimum absolute atomic E-state index is 0.0608. The second-order valence-electron chi connectivity index (χ2n) is 6.97. The standard InChI is InChI=1S/C21H20N2O4S/c1-28(26,27)22-12-6-7-13-23-19-15-9-3-4-10-16(15)20(24)18(19)14-8-2-5-11-17(14)21(23)25/h2-5,8-11,22H,6-7,12-13H2,1H3. The second-order valence-corrected chi connectivity index (χ2v) is 8.81. The molecule has 1 heterocycles. The van der Waals surface area contributed by atoms with E-state index in [2.05, 4.69) is 4.72 Å². The van der Waals surface area contributed by atoms with Gasteiger partial charge < -0.3 is 4.57 Å². The molecule has 7 heteroatoms. The largest absolute Gasteiger partial charge is 0.307 e. The van der Waals surface area contributed by atoms with E-state index in [0.717, 1.165) is 11.8 Å². The van der Waals surface area contributed by atoms with E-state index in [0.29, 0.717) is 53.5 Å². The first-order valence-electron chi connectivity index (χ1n) is 9.13. The van der Waals surface area contributed by atoms with Crippen LogP contribution in [-0.2, 0) is 16.6 Å². The number of ketones is 1. The van der Waals surface area contributed by atoms with Crippen LogP contribution < -0.4 is 10.3 Å². The number of hydrogen-bond donors (Lipinski definition) is 1. The maximum atomic E-state index is 13.2. The van der Waals surface area contributed by atoms with Crippen molar-refractivity contribution in [3.63, 3.8) is 0 Å². The lowest BCUT2D eigenvalue weighted by Crippen LogP contribution is -2.25. The number of pyridine rings is 1. The molecule has 1 aliphatic rings. The summed E-state index contributed by atoms with van der Waals surface area (Å²) in [6, 6.07) is 14.5. The lowest BCUT2D eigenvalue weighted by molar-refractivity contribution is 0.104. The Morgan fingerprint density at radius 1 is 0.893 bits per heavy atom. The van der Waals surface area contributed by atoms with Gasteiger partial charge in [-0.3, -0.25) is 9.59 Å². The lowest BCUT2D eigenvalue weighted by Gasteiger charge is -2.15. The summed E-state index contributed by atoms with van der Waals surface area (Å²) in [4.78, 5) is 26.2. The number of sulfonamides is 1. The average molecular weight is 396 g/mol. The van der Waals surface area contributed by atoms with Gasteiger partial charge in [0.25, 0.3) is 5.56 Å².